The van der Waals surface area contributed by atoms with Gasteiger partial charge in [-0.1, -0.05) is 17.7 Å². The maximum Gasteiger partial charge on any atom is 0.124 e. The Morgan fingerprint density at radius 1 is 1.29 bits per heavy atom. The number of aryl methyl sites for hydroxylation is 1. The van der Waals surface area contributed by atoms with Crippen LogP contribution in [-0.4, -0.2) is 4.98 Å². The van der Waals surface area contributed by atoms with E-state index in [-0.39, 0.29) is 5.82 Å². The highest BCUT2D eigenvalue weighted by atomic mass is 35.5. The molecule has 0 radical (unpaired) electrons. The summed E-state index contributed by atoms with van der Waals surface area (Å²) in [5.74, 6) is -0.336. The summed E-state index contributed by atoms with van der Waals surface area (Å²) >= 11 is 5.90. The van der Waals surface area contributed by atoms with Crippen molar-refractivity contribution in [2.45, 2.75) is 13.5 Å². The standard InChI is InChI=1S/C13H12ClFN2/c1-9-2-3-10(7-16-9)8-17-13-5-4-11(15)6-12(13)14/h2-7,17H,8H2,1H3. The summed E-state index contributed by atoms with van der Waals surface area (Å²) in [5, 5.41) is 3.52. The third-order valence-corrected chi connectivity index (χ3v) is 2.70. The predicted molar refractivity (Wildman–Crippen MR) is 67.7 cm³/mol. The van der Waals surface area contributed by atoms with Crippen LogP contribution in [-0.2, 0) is 6.54 Å². The number of nitrogens with one attached hydrogen (secondary N) is 1. The van der Waals surface area contributed by atoms with Crippen LogP contribution in [0.4, 0.5) is 10.1 Å². The number of nitrogens with zero attached hydrogens (tertiary/aromatic N) is 1. The topological polar surface area (TPSA) is 24.9 Å². The molecule has 0 saturated heterocycles. The molecular weight excluding hydrogens is 239 g/mol. The maximum absolute atomic E-state index is 12.8. The first-order valence-electron chi connectivity index (χ1n) is 5.25. The minimum Gasteiger partial charge on any atom is -0.380 e. The summed E-state index contributed by atoms with van der Waals surface area (Å²) in [6.07, 6.45) is 1.81. The molecule has 0 bridgehead atoms. The van der Waals surface area contributed by atoms with Crippen molar-refractivity contribution in [3.05, 3.63) is 58.6 Å². The van der Waals surface area contributed by atoms with E-state index in [1.165, 1.54) is 12.1 Å². The predicted octanol–water partition coefficient (Wildman–Crippen LogP) is 3.79. The van der Waals surface area contributed by atoms with Crippen molar-refractivity contribution < 1.29 is 4.39 Å². The van der Waals surface area contributed by atoms with Crippen molar-refractivity contribution in [1.82, 2.24) is 4.98 Å². The van der Waals surface area contributed by atoms with Crippen LogP contribution in [0.25, 0.3) is 0 Å². The zero-order chi connectivity index (χ0) is 12.3. The van der Waals surface area contributed by atoms with Gasteiger partial charge in [0.1, 0.15) is 5.82 Å². The molecule has 1 aromatic carbocycles. The molecule has 1 aromatic heterocycles. The fourth-order valence-electron chi connectivity index (χ4n) is 1.43. The number of hydrogen-bond donors (Lipinski definition) is 1. The van der Waals surface area contributed by atoms with Crippen molar-refractivity contribution in [3.8, 4) is 0 Å². The molecule has 0 aliphatic rings. The molecule has 0 atom stereocenters. The Kier molecular flexibility index (Phi) is 3.59. The molecule has 17 heavy (non-hydrogen) atoms. The fraction of sp³-hybridized carbons (Fsp3) is 0.154. The Morgan fingerprint density at radius 2 is 2.12 bits per heavy atom. The Labute approximate surface area is 104 Å². The number of anilines is 1. The molecule has 0 fully saturated rings. The Balaban J connectivity index is 2.04. The molecule has 0 saturated carbocycles. The second-order valence-electron chi connectivity index (χ2n) is 3.79. The van der Waals surface area contributed by atoms with Gasteiger partial charge in [0, 0.05) is 18.4 Å². The van der Waals surface area contributed by atoms with Gasteiger partial charge in [0.25, 0.3) is 0 Å². The number of benzene rings is 1. The van der Waals surface area contributed by atoms with Gasteiger partial charge in [-0.15, -0.1) is 0 Å². The minimum atomic E-state index is -0.336. The molecule has 0 aliphatic carbocycles. The van der Waals surface area contributed by atoms with E-state index >= 15 is 0 Å². The lowest BCUT2D eigenvalue weighted by Gasteiger charge is -2.08. The van der Waals surface area contributed by atoms with E-state index in [0.29, 0.717) is 17.3 Å². The van der Waals surface area contributed by atoms with Crippen LogP contribution in [0.2, 0.25) is 5.02 Å². The summed E-state index contributed by atoms with van der Waals surface area (Å²) in [4.78, 5) is 4.19. The highest BCUT2D eigenvalue weighted by Crippen LogP contribution is 2.22. The molecule has 1 heterocycles. The van der Waals surface area contributed by atoms with E-state index in [0.717, 1.165) is 11.3 Å². The third-order valence-electron chi connectivity index (χ3n) is 2.39. The van der Waals surface area contributed by atoms with Crippen molar-refractivity contribution in [2.75, 3.05) is 5.32 Å². The zero-order valence-electron chi connectivity index (χ0n) is 9.37. The van der Waals surface area contributed by atoms with Crippen LogP contribution in [0.15, 0.2) is 36.5 Å². The van der Waals surface area contributed by atoms with E-state index in [9.17, 15) is 4.39 Å². The molecule has 0 spiro atoms. The Morgan fingerprint density at radius 3 is 2.76 bits per heavy atom. The van der Waals surface area contributed by atoms with Crippen LogP contribution in [0.3, 0.4) is 0 Å². The SMILES string of the molecule is Cc1ccc(CNc2ccc(F)cc2Cl)cn1. The first-order chi connectivity index (χ1) is 8.15. The molecule has 88 valence electrons. The smallest absolute Gasteiger partial charge is 0.124 e. The second kappa shape index (κ2) is 5.15. The Bertz CT molecular complexity index is 511. The summed E-state index contributed by atoms with van der Waals surface area (Å²) in [6.45, 7) is 2.55. The average molecular weight is 251 g/mol. The third kappa shape index (κ3) is 3.17. The van der Waals surface area contributed by atoms with E-state index in [1.54, 1.807) is 12.3 Å². The summed E-state index contributed by atoms with van der Waals surface area (Å²) in [7, 11) is 0. The Hall–Kier alpha value is -1.61. The second-order valence-corrected chi connectivity index (χ2v) is 4.19. The molecule has 2 rings (SSSR count). The van der Waals surface area contributed by atoms with Gasteiger partial charge in [-0.3, -0.25) is 4.98 Å². The zero-order valence-corrected chi connectivity index (χ0v) is 10.1. The van der Waals surface area contributed by atoms with Crippen molar-refractivity contribution in [2.24, 2.45) is 0 Å². The normalized spacial score (nSPS) is 10.3. The summed E-state index contributed by atoms with van der Waals surface area (Å²) < 4.78 is 12.8. The molecule has 1 N–H and O–H groups in total. The summed E-state index contributed by atoms with van der Waals surface area (Å²) in [6, 6.07) is 8.23. The van der Waals surface area contributed by atoms with Crippen LogP contribution >= 0.6 is 11.6 Å². The fourth-order valence-corrected chi connectivity index (χ4v) is 1.67. The number of aromatic nitrogens is 1. The molecule has 4 heteroatoms. The minimum absolute atomic E-state index is 0.336. The molecule has 2 nitrogen and oxygen atoms in total. The largest absolute Gasteiger partial charge is 0.380 e. The highest BCUT2D eigenvalue weighted by molar-refractivity contribution is 6.33. The van der Waals surface area contributed by atoms with Gasteiger partial charge in [0.05, 0.1) is 10.7 Å². The lowest BCUT2D eigenvalue weighted by molar-refractivity contribution is 0.628. The van der Waals surface area contributed by atoms with Gasteiger partial charge < -0.3 is 5.32 Å². The van der Waals surface area contributed by atoms with Gasteiger partial charge in [0.2, 0.25) is 0 Å². The van der Waals surface area contributed by atoms with Crippen LogP contribution in [0, 0.1) is 12.7 Å². The van der Waals surface area contributed by atoms with E-state index in [2.05, 4.69) is 10.3 Å². The highest BCUT2D eigenvalue weighted by Gasteiger charge is 2.01. The molecule has 2 aromatic rings. The van der Waals surface area contributed by atoms with Crippen molar-refractivity contribution in [3.63, 3.8) is 0 Å². The van der Waals surface area contributed by atoms with E-state index in [1.807, 2.05) is 19.1 Å². The van der Waals surface area contributed by atoms with Gasteiger partial charge in [-0.2, -0.15) is 0 Å². The van der Waals surface area contributed by atoms with Gasteiger partial charge in [0.15, 0.2) is 0 Å². The lowest BCUT2D eigenvalue weighted by atomic mass is 10.2. The quantitative estimate of drug-likeness (QED) is 0.896. The van der Waals surface area contributed by atoms with E-state index in [4.69, 9.17) is 11.6 Å². The van der Waals surface area contributed by atoms with Crippen molar-refractivity contribution in [1.29, 1.82) is 0 Å². The van der Waals surface area contributed by atoms with Crippen LogP contribution < -0.4 is 5.32 Å². The number of hydrogen-bond acceptors (Lipinski definition) is 2. The number of rotatable bonds is 3. The lowest BCUT2D eigenvalue weighted by Crippen LogP contribution is -2.00. The van der Waals surface area contributed by atoms with Crippen LogP contribution in [0.1, 0.15) is 11.3 Å². The summed E-state index contributed by atoms with van der Waals surface area (Å²) in [5.41, 5.74) is 2.75. The van der Waals surface area contributed by atoms with Gasteiger partial charge in [-0.05, 0) is 36.8 Å². The molecule has 0 aliphatic heterocycles. The number of halogens is 2. The van der Waals surface area contributed by atoms with Gasteiger partial charge in [-0.25, -0.2) is 4.39 Å². The first-order valence-corrected chi connectivity index (χ1v) is 5.63. The van der Waals surface area contributed by atoms with Crippen LogP contribution in [0.5, 0.6) is 0 Å². The van der Waals surface area contributed by atoms with Crippen molar-refractivity contribution >= 4 is 17.3 Å². The van der Waals surface area contributed by atoms with E-state index < -0.39 is 0 Å². The average Bonchev–Trinajstić information content (AvgIpc) is 2.30. The molecule has 0 amide bonds. The monoisotopic (exact) mass is 250 g/mol. The van der Waals surface area contributed by atoms with Gasteiger partial charge >= 0.3 is 0 Å². The number of pyridine rings is 1. The maximum atomic E-state index is 12.8. The first kappa shape index (κ1) is 11.9. The molecule has 0 unspecified atom stereocenters. The molecular formula is C13H12ClFN2.